The molecule has 142 valence electrons. The first kappa shape index (κ1) is 19.0. The Morgan fingerprint density at radius 1 is 1.00 bits per heavy atom. The fraction of sp³-hybridized carbons (Fsp3) is 0.143. The molecular formula is C21H20N4O3. The van der Waals surface area contributed by atoms with Crippen molar-refractivity contribution in [3.63, 3.8) is 0 Å². The zero-order valence-corrected chi connectivity index (χ0v) is 15.4. The second-order valence-corrected chi connectivity index (χ2v) is 5.82. The number of hydrogen-bond donors (Lipinski definition) is 2. The molecule has 1 aromatic heterocycles. The molecule has 0 bridgehead atoms. The van der Waals surface area contributed by atoms with Crippen LogP contribution < -0.4 is 10.6 Å². The average Bonchev–Trinajstić information content (AvgIpc) is 2.74. The Morgan fingerprint density at radius 2 is 1.75 bits per heavy atom. The quantitative estimate of drug-likeness (QED) is 0.613. The van der Waals surface area contributed by atoms with Crippen molar-refractivity contribution in [2.24, 2.45) is 0 Å². The van der Waals surface area contributed by atoms with Crippen molar-refractivity contribution < 1.29 is 14.3 Å². The molecule has 1 heterocycles. The van der Waals surface area contributed by atoms with Crippen LogP contribution >= 0.6 is 0 Å². The van der Waals surface area contributed by atoms with Crippen LogP contribution in [0.2, 0.25) is 0 Å². The summed E-state index contributed by atoms with van der Waals surface area (Å²) in [4.78, 5) is 33.0. The summed E-state index contributed by atoms with van der Waals surface area (Å²) in [5.41, 5.74) is 1.91. The molecule has 2 N–H and O–H groups in total. The van der Waals surface area contributed by atoms with E-state index < -0.39 is 11.9 Å². The summed E-state index contributed by atoms with van der Waals surface area (Å²) in [6.45, 7) is 2.52. The zero-order valence-electron chi connectivity index (χ0n) is 15.4. The van der Waals surface area contributed by atoms with Gasteiger partial charge in [0.2, 0.25) is 5.95 Å². The number of carbonyl (C=O) groups is 2. The monoisotopic (exact) mass is 376 g/mol. The van der Waals surface area contributed by atoms with E-state index in [4.69, 9.17) is 4.74 Å². The smallest absolute Gasteiger partial charge is 0.340 e. The minimum absolute atomic E-state index is 0.184. The van der Waals surface area contributed by atoms with E-state index in [0.717, 1.165) is 5.56 Å². The highest BCUT2D eigenvalue weighted by Gasteiger charge is 2.16. The molecule has 0 spiro atoms. The predicted octanol–water partition coefficient (Wildman–Crippen LogP) is 3.52. The van der Waals surface area contributed by atoms with Crippen molar-refractivity contribution in [1.29, 1.82) is 0 Å². The highest BCUT2D eigenvalue weighted by atomic mass is 16.5. The molecule has 0 aliphatic rings. The first-order valence-corrected chi connectivity index (χ1v) is 8.85. The molecule has 0 aliphatic heterocycles. The SMILES string of the molecule is CCOC(=O)c1ccccc1NC(=O)c1ccnc(NCc2ccccc2)n1. The van der Waals surface area contributed by atoms with Crippen LogP contribution in [0.1, 0.15) is 33.3 Å². The number of hydrogen-bond acceptors (Lipinski definition) is 6. The molecule has 7 nitrogen and oxygen atoms in total. The minimum atomic E-state index is -0.494. The van der Waals surface area contributed by atoms with Gasteiger partial charge in [-0.2, -0.15) is 0 Å². The normalized spacial score (nSPS) is 10.2. The summed E-state index contributed by atoms with van der Waals surface area (Å²) in [6.07, 6.45) is 1.51. The van der Waals surface area contributed by atoms with E-state index in [-0.39, 0.29) is 17.9 Å². The van der Waals surface area contributed by atoms with Gasteiger partial charge in [0, 0.05) is 12.7 Å². The summed E-state index contributed by atoms with van der Waals surface area (Å²) < 4.78 is 5.02. The Labute approximate surface area is 162 Å². The number of nitrogens with one attached hydrogen (secondary N) is 2. The van der Waals surface area contributed by atoms with Crippen LogP contribution in [0.15, 0.2) is 66.9 Å². The fourth-order valence-corrected chi connectivity index (χ4v) is 2.51. The second-order valence-electron chi connectivity index (χ2n) is 5.82. The fourth-order valence-electron chi connectivity index (χ4n) is 2.51. The van der Waals surface area contributed by atoms with Crippen LogP contribution in [0.5, 0.6) is 0 Å². The number of esters is 1. The summed E-state index contributed by atoms with van der Waals surface area (Å²) in [5.74, 6) is -0.594. The molecule has 0 saturated carbocycles. The van der Waals surface area contributed by atoms with Crippen molar-refractivity contribution in [2.45, 2.75) is 13.5 Å². The lowest BCUT2D eigenvalue weighted by atomic mass is 10.1. The van der Waals surface area contributed by atoms with Crippen LogP contribution in [0.25, 0.3) is 0 Å². The van der Waals surface area contributed by atoms with E-state index in [1.54, 1.807) is 31.2 Å². The lowest BCUT2D eigenvalue weighted by Crippen LogP contribution is -2.18. The summed E-state index contributed by atoms with van der Waals surface area (Å²) >= 11 is 0. The Kier molecular flexibility index (Phi) is 6.30. The van der Waals surface area contributed by atoms with Crippen LogP contribution in [0, 0.1) is 0 Å². The number of benzene rings is 2. The molecule has 7 heteroatoms. The summed E-state index contributed by atoms with van der Waals surface area (Å²) in [7, 11) is 0. The molecule has 0 radical (unpaired) electrons. The molecule has 0 saturated heterocycles. The van der Waals surface area contributed by atoms with E-state index in [9.17, 15) is 9.59 Å². The first-order chi connectivity index (χ1) is 13.7. The lowest BCUT2D eigenvalue weighted by Gasteiger charge is -2.10. The van der Waals surface area contributed by atoms with Gasteiger partial charge in [0.15, 0.2) is 0 Å². The van der Waals surface area contributed by atoms with Gasteiger partial charge in [-0.1, -0.05) is 42.5 Å². The maximum Gasteiger partial charge on any atom is 0.340 e. The molecule has 1 amide bonds. The van der Waals surface area contributed by atoms with Gasteiger partial charge in [0.05, 0.1) is 17.9 Å². The molecule has 2 aromatic carbocycles. The lowest BCUT2D eigenvalue weighted by molar-refractivity contribution is 0.0527. The highest BCUT2D eigenvalue weighted by Crippen LogP contribution is 2.17. The minimum Gasteiger partial charge on any atom is -0.462 e. The van der Waals surface area contributed by atoms with Gasteiger partial charge < -0.3 is 15.4 Å². The largest absolute Gasteiger partial charge is 0.462 e. The molecular weight excluding hydrogens is 356 g/mol. The predicted molar refractivity (Wildman–Crippen MR) is 106 cm³/mol. The third kappa shape index (κ3) is 4.91. The molecule has 0 aliphatic carbocycles. The van der Waals surface area contributed by atoms with E-state index in [2.05, 4.69) is 20.6 Å². The van der Waals surface area contributed by atoms with Crippen LogP contribution in [0.4, 0.5) is 11.6 Å². The standard InChI is InChI=1S/C21H20N4O3/c1-2-28-20(27)16-10-6-7-11-17(16)24-19(26)18-12-13-22-21(25-18)23-14-15-8-4-3-5-9-15/h3-13H,2,14H2,1H3,(H,24,26)(H,22,23,25). The molecule has 3 aromatic rings. The highest BCUT2D eigenvalue weighted by molar-refractivity contribution is 6.07. The van der Waals surface area contributed by atoms with Gasteiger partial charge in [0.1, 0.15) is 5.69 Å². The number of carbonyl (C=O) groups excluding carboxylic acids is 2. The average molecular weight is 376 g/mol. The second kappa shape index (κ2) is 9.27. The number of para-hydroxylation sites is 1. The number of nitrogens with zero attached hydrogens (tertiary/aromatic N) is 2. The van der Waals surface area contributed by atoms with Gasteiger partial charge in [-0.25, -0.2) is 14.8 Å². The van der Waals surface area contributed by atoms with Crippen molar-refractivity contribution in [1.82, 2.24) is 9.97 Å². The van der Waals surface area contributed by atoms with Gasteiger partial charge in [-0.05, 0) is 30.7 Å². The number of anilines is 2. The van der Waals surface area contributed by atoms with Gasteiger partial charge in [-0.3, -0.25) is 4.79 Å². The van der Waals surface area contributed by atoms with E-state index in [1.165, 1.54) is 12.3 Å². The van der Waals surface area contributed by atoms with E-state index in [1.807, 2.05) is 30.3 Å². The van der Waals surface area contributed by atoms with Crippen LogP contribution in [-0.4, -0.2) is 28.5 Å². The van der Waals surface area contributed by atoms with Gasteiger partial charge >= 0.3 is 5.97 Å². The van der Waals surface area contributed by atoms with Crippen molar-refractivity contribution in [3.8, 4) is 0 Å². The van der Waals surface area contributed by atoms with Gasteiger partial charge in [0.25, 0.3) is 5.91 Å². The molecule has 0 fully saturated rings. The summed E-state index contributed by atoms with van der Waals surface area (Å²) in [6, 6.07) is 18.0. The first-order valence-electron chi connectivity index (χ1n) is 8.85. The van der Waals surface area contributed by atoms with Crippen molar-refractivity contribution >= 4 is 23.5 Å². The van der Waals surface area contributed by atoms with Crippen LogP contribution in [-0.2, 0) is 11.3 Å². The Morgan fingerprint density at radius 3 is 2.54 bits per heavy atom. The van der Waals surface area contributed by atoms with Crippen LogP contribution in [0.3, 0.4) is 0 Å². The topological polar surface area (TPSA) is 93.2 Å². The Hall–Kier alpha value is -3.74. The van der Waals surface area contributed by atoms with Gasteiger partial charge in [-0.15, -0.1) is 0 Å². The number of rotatable bonds is 7. The third-order valence-corrected chi connectivity index (χ3v) is 3.85. The van der Waals surface area contributed by atoms with Crippen molar-refractivity contribution in [3.05, 3.63) is 83.7 Å². The molecule has 3 rings (SSSR count). The van der Waals surface area contributed by atoms with Crippen molar-refractivity contribution in [2.75, 3.05) is 17.2 Å². The zero-order chi connectivity index (χ0) is 19.8. The number of amides is 1. The van der Waals surface area contributed by atoms with E-state index in [0.29, 0.717) is 18.2 Å². The Bertz CT molecular complexity index is 961. The Balaban J connectivity index is 1.71. The third-order valence-electron chi connectivity index (χ3n) is 3.85. The maximum absolute atomic E-state index is 12.6. The number of ether oxygens (including phenoxy) is 1. The molecule has 0 unspecified atom stereocenters. The number of aromatic nitrogens is 2. The summed E-state index contributed by atoms with van der Waals surface area (Å²) in [5, 5.41) is 5.80. The van der Waals surface area contributed by atoms with E-state index >= 15 is 0 Å². The molecule has 0 atom stereocenters. The maximum atomic E-state index is 12.6. The molecule has 28 heavy (non-hydrogen) atoms.